The van der Waals surface area contributed by atoms with Gasteiger partial charge in [-0.25, -0.2) is 0 Å². The number of aromatic nitrogens is 2. The average molecular weight is 259 g/mol. The van der Waals surface area contributed by atoms with Crippen LogP contribution in [0.25, 0.3) is 0 Å². The van der Waals surface area contributed by atoms with Crippen molar-refractivity contribution in [3.05, 3.63) is 47.8 Å². The van der Waals surface area contributed by atoms with Crippen LogP contribution in [-0.4, -0.2) is 14.9 Å². The zero-order valence-electron chi connectivity index (χ0n) is 11.7. The van der Waals surface area contributed by atoms with Crippen molar-refractivity contribution in [2.45, 2.75) is 39.5 Å². The molecule has 0 amide bonds. The number of nitrogens with zero attached hydrogens (tertiary/aromatic N) is 2. The number of anilines is 1. The Morgan fingerprint density at radius 2 is 2.05 bits per heavy atom. The Morgan fingerprint density at radius 1 is 1.32 bits per heavy atom. The Labute approximate surface area is 114 Å². The predicted molar refractivity (Wildman–Crippen MR) is 77.0 cm³/mol. The lowest BCUT2D eigenvalue weighted by Gasteiger charge is -2.18. The van der Waals surface area contributed by atoms with Gasteiger partial charge in [-0.3, -0.25) is 4.68 Å². The lowest BCUT2D eigenvalue weighted by Crippen LogP contribution is -2.09. The van der Waals surface area contributed by atoms with E-state index in [0.29, 0.717) is 0 Å². The van der Waals surface area contributed by atoms with Gasteiger partial charge in [-0.2, -0.15) is 5.10 Å². The van der Waals surface area contributed by atoms with Gasteiger partial charge in [0.05, 0.1) is 18.3 Å². The molecule has 0 saturated carbocycles. The Bertz CT molecular complexity index is 534. The minimum Gasteiger partial charge on any atom is -0.389 e. The number of para-hydroxylation sites is 1. The summed E-state index contributed by atoms with van der Waals surface area (Å²) in [7, 11) is 0. The van der Waals surface area contributed by atoms with E-state index in [-0.39, 0.29) is 6.04 Å². The summed E-state index contributed by atoms with van der Waals surface area (Å²) in [5.74, 6) is 0. The molecule has 0 saturated heterocycles. The minimum absolute atomic E-state index is 0.153. The fraction of sp³-hybridized carbons (Fsp3) is 0.400. The molecule has 0 bridgehead atoms. The fourth-order valence-corrected chi connectivity index (χ4v) is 2.09. The van der Waals surface area contributed by atoms with Crippen molar-refractivity contribution >= 4 is 5.69 Å². The highest BCUT2D eigenvalue weighted by molar-refractivity contribution is 5.53. The molecule has 102 valence electrons. The summed E-state index contributed by atoms with van der Waals surface area (Å²) in [4.78, 5) is 0. The molecule has 1 aromatic carbocycles. The first-order valence-electron chi connectivity index (χ1n) is 6.67. The first-order chi connectivity index (χ1) is 9.11. The molecule has 2 atom stereocenters. The van der Waals surface area contributed by atoms with Crippen molar-refractivity contribution in [2.75, 3.05) is 5.32 Å². The highest BCUT2D eigenvalue weighted by atomic mass is 16.3. The van der Waals surface area contributed by atoms with Gasteiger partial charge in [-0.05, 0) is 26.8 Å². The molecule has 1 aromatic heterocycles. The van der Waals surface area contributed by atoms with E-state index in [0.717, 1.165) is 23.4 Å². The molecule has 4 nitrogen and oxygen atoms in total. The van der Waals surface area contributed by atoms with E-state index < -0.39 is 6.10 Å². The maximum atomic E-state index is 9.77. The second-order valence-electron chi connectivity index (χ2n) is 4.76. The summed E-state index contributed by atoms with van der Waals surface area (Å²) < 4.78 is 1.91. The quantitative estimate of drug-likeness (QED) is 0.867. The zero-order valence-corrected chi connectivity index (χ0v) is 11.7. The summed E-state index contributed by atoms with van der Waals surface area (Å²) >= 11 is 0. The summed E-state index contributed by atoms with van der Waals surface area (Å²) in [6.07, 6.45) is 3.45. The van der Waals surface area contributed by atoms with Crippen LogP contribution in [0.5, 0.6) is 0 Å². The molecule has 1 heterocycles. The van der Waals surface area contributed by atoms with Crippen LogP contribution in [0.4, 0.5) is 5.69 Å². The fourth-order valence-electron chi connectivity index (χ4n) is 2.09. The van der Waals surface area contributed by atoms with Gasteiger partial charge < -0.3 is 10.4 Å². The zero-order chi connectivity index (χ0) is 13.8. The molecule has 19 heavy (non-hydrogen) atoms. The molecular weight excluding hydrogens is 238 g/mol. The van der Waals surface area contributed by atoms with Crippen molar-refractivity contribution in [3.8, 4) is 0 Å². The Balaban J connectivity index is 2.16. The Kier molecular flexibility index (Phi) is 4.22. The lowest BCUT2D eigenvalue weighted by atomic mass is 10.1. The molecule has 0 aliphatic carbocycles. The van der Waals surface area contributed by atoms with Crippen LogP contribution in [0.15, 0.2) is 36.7 Å². The number of aliphatic hydroxyl groups is 1. The minimum atomic E-state index is -0.478. The number of benzene rings is 1. The van der Waals surface area contributed by atoms with E-state index in [9.17, 15) is 5.11 Å². The molecule has 2 rings (SSSR count). The summed E-state index contributed by atoms with van der Waals surface area (Å²) in [5.41, 5.74) is 3.02. The number of aliphatic hydroxyl groups excluding tert-OH is 1. The van der Waals surface area contributed by atoms with Crippen LogP contribution in [-0.2, 0) is 6.54 Å². The highest BCUT2D eigenvalue weighted by Gasteiger charge is 2.12. The second kappa shape index (κ2) is 5.89. The number of aryl methyl sites for hydroxylation is 1. The van der Waals surface area contributed by atoms with Crippen molar-refractivity contribution in [2.24, 2.45) is 0 Å². The molecule has 0 fully saturated rings. The molecule has 0 aliphatic heterocycles. The van der Waals surface area contributed by atoms with E-state index in [1.165, 1.54) is 0 Å². The topological polar surface area (TPSA) is 50.1 Å². The van der Waals surface area contributed by atoms with Gasteiger partial charge in [0, 0.05) is 29.6 Å². The van der Waals surface area contributed by atoms with Crippen molar-refractivity contribution in [1.82, 2.24) is 9.78 Å². The lowest BCUT2D eigenvalue weighted by molar-refractivity contribution is 0.200. The smallest absolute Gasteiger partial charge is 0.0781 e. The molecule has 0 spiro atoms. The molecule has 2 N–H and O–H groups in total. The van der Waals surface area contributed by atoms with Crippen LogP contribution in [0.3, 0.4) is 0 Å². The van der Waals surface area contributed by atoms with Crippen molar-refractivity contribution in [3.63, 3.8) is 0 Å². The summed E-state index contributed by atoms with van der Waals surface area (Å²) in [6.45, 7) is 6.81. The number of rotatable bonds is 5. The number of hydrogen-bond acceptors (Lipinski definition) is 3. The normalized spacial score (nSPS) is 14.1. The van der Waals surface area contributed by atoms with Crippen molar-refractivity contribution in [1.29, 1.82) is 0 Å². The largest absolute Gasteiger partial charge is 0.389 e. The van der Waals surface area contributed by atoms with Gasteiger partial charge in [0.25, 0.3) is 0 Å². The SMILES string of the molecule is CCn1cc(C(C)Nc2ccccc2C(C)O)cn1. The first kappa shape index (κ1) is 13.6. The van der Waals surface area contributed by atoms with E-state index in [1.807, 2.05) is 41.3 Å². The Hall–Kier alpha value is -1.81. The summed E-state index contributed by atoms with van der Waals surface area (Å²) in [6, 6.07) is 7.99. The van der Waals surface area contributed by atoms with Gasteiger partial charge in [-0.15, -0.1) is 0 Å². The van der Waals surface area contributed by atoms with Gasteiger partial charge in [-0.1, -0.05) is 18.2 Å². The van der Waals surface area contributed by atoms with Crippen LogP contribution < -0.4 is 5.32 Å². The Morgan fingerprint density at radius 3 is 2.68 bits per heavy atom. The van der Waals surface area contributed by atoms with Gasteiger partial charge in [0.15, 0.2) is 0 Å². The van der Waals surface area contributed by atoms with Gasteiger partial charge >= 0.3 is 0 Å². The molecular formula is C15H21N3O. The van der Waals surface area contributed by atoms with E-state index >= 15 is 0 Å². The average Bonchev–Trinajstić information content (AvgIpc) is 2.88. The van der Waals surface area contributed by atoms with Crippen molar-refractivity contribution < 1.29 is 5.11 Å². The highest BCUT2D eigenvalue weighted by Crippen LogP contribution is 2.26. The van der Waals surface area contributed by atoms with Gasteiger partial charge in [0.2, 0.25) is 0 Å². The third kappa shape index (κ3) is 3.15. The van der Waals surface area contributed by atoms with E-state index in [1.54, 1.807) is 6.92 Å². The molecule has 0 radical (unpaired) electrons. The summed E-state index contributed by atoms with van der Waals surface area (Å²) in [5, 5.41) is 17.5. The maximum Gasteiger partial charge on any atom is 0.0781 e. The maximum absolute atomic E-state index is 9.77. The molecule has 0 aliphatic rings. The van der Waals surface area contributed by atoms with E-state index in [4.69, 9.17) is 0 Å². The number of hydrogen-bond donors (Lipinski definition) is 2. The second-order valence-corrected chi connectivity index (χ2v) is 4.76. The van der Waals surface area contributed by atoms with E-state index in [2.05, 4.69) is 24.3 Å². The monoisotopic (exact) mass is 259 g/mol. The number of nitrogens with one attached hydrogen (secondary N) is 1. The third-order valence-electron chi connectivity index (χ3n) is 3.26. The van der Waals surface area contributed by atoms with Crippen LogP contribution in [0.2, 0.25) is 0 Å². The van der Waals surface area contributed by atoms with Crippen LogP contribution in [0, 0.1) is 0 Å². The predicted octanol–water partition coefficient (Wildman–Crippen LogP) is 3.13. The third-order valence-corrected chi connectivity index (χ3v) is 3.26. The standard InChI is InChI=1S/C15H21N3O/c1-4-18-10-13(9-16-18)11(2)17-15-8-6-5-7-14(15)12(3)19/h5-12,17,19H,4H2,1-3H3. The first-order valence-corrected chi connectivity index (χ1v) is 6.67. The van der Waals surface area contributed by atoms with Crippen LogP contribution >= 0.6 is 0 Å². The van der Waals surface area contributed by atoms with Gasteiger partial charge in [0.1, 0.15) is 0 Å². The molecule has 2 unspecified atom stereocenters. The molecule has 2 aromatic rings. The van der Waals surface area contributed by atoms with Crippen LogP contribution in [0.1, 0.15) is 44.0 Å². The molecule has 4 heteroatoms.